The smallest absolute Gasteiger partial charge is 0.306 e. The summed E-state index contributed by atoms with van der Waals surface area (Å²) in [7, 11) is 0. The molecule has 0 aliphatic heterocycles. The molecule has 0 fully saturated rings. The number of carbonyl (C=O) groups is 3. The summed E-state index contributed by atoms with van der Waals surface area (Å²) < 4.78 is 16.9. The molecule has 1 unspecified atom stereocenters. The number of ether oxygens (including phenoxy) is 3. The number of hydrogen-bond donors (Lipinski definition) is 0. The zero-order valence-electron chi connectivity index (χ0n) is 51.1. The van der Waals surface area contributed by atoms with Crippen molar-refractivity contribution in [2.75, 3.05) is 13.2 Å². The highest BCUT2D eigenvalue weighted by Crippen LogP contribution is 2.19. The van der Waals surface area contributed by atoms with E-state index in [-0.39, 0.29) is 31.1 Å². The molecule has 0 aromatic heterocycles. The van der Waals surface area contributed by atoms with Crippen LogP contribution in [0.15, 0.2) is 12.2 Å². The fourth-order valence-electron chi connectivity index (χ4n) is 10.6. The average molecular weight is 1060 g/mol. The minimum atomic E-state index is -0.769. The van der Waals surface area contributed by atoms with Crippen LogP contribution in [0.3, 0.4) is 0 Å². The molecule has 0 saturated heterocycles. The molecular formula is C69H132O6. The highest BCUT2D eigenvalue weighted by atomic mass is 16.6. The maximum Gasteiger partial charge on any atom is 0.306 e. The molecule has 6 heteroatoms. The van der Waals surface area contributed by atoms with Crippen molar-refractivity contribution in [3.8, 4) is 0 Å². The third-order valence-electron chi connectivity index (χ3n) is 15.8. The van der Waals surface area contributed by atoms with Gasteiger partial charge in [0.25, 0.3) is 0 Å². The van der Waals surface area contributed by atoms with Gasteiger partial charge in [-0.05, 0) is 44.9 Å². The third-order valence-corrected chi connectivity index (χ3v) is 15.8. The van der Waals surface area contributed by atoms with Gasteiger partial charge in [-0.2, -0.15) is 0 Å². The van der Waals surface area contributed by atoms with Crippen molar-refractivity contribution in [3.05, 3.63) is 12.2 Å². The molecule has 0 N–H and O–H groups in total. The van der Waals surface area contributed by atoms with Gasteiger partial charge < -0.3 is 14.2 Å². The van der Waals surface area contributed by atoms with E-state index in [1.165, 1.54) is 289 Å². The number of rotatable bonds is 64. The Bertz CT molecular complexity index is 1170. The summed E-state index contributed by atoms with van der Waals surface area (Å²) in [6.07, 6.45) is 76.8. The van der Waals surface area contributed by atoms with Crippen LogP contribution in [0.1, 0.15) is 393 Å². The van der Waals surface area contributed by atoms with Crippen LogP contribution >= 0.6 is 0 Å². The van der Waals surface area contributed by atoms with E-state index in [0.29, 0.717) is 19.3 Å². The van der Waals surface area contributed by atoms with Crippen molar-refractivity contribution in [2.24, 2.45) is 0 Å². The van der Waals surface area contributed by atoms with E-state index >= 15 is 0 Å². The molecule has 0 rings (SSSR count). The van der Waals surface area contributed by atoms with Gasteiger partial charge in [0.15, 0.2) is 6.10 Å². The van der Waals surface area contributed by atoms with E-state index in [1.807, 2.05) is 0 Å². The average Bonchev–Trinajstić information content (AvgIpc) is 3.41. The molecule has 0 aromatic rings. The lowest BCUT2D eigenvalue weighted by molar-refractivity contribution is -0.167. The highest BCUT2D eigenvalue weighted by molar-refractivity contribution is 5.71. The zero-order chi connectivity index (χ0) is 54.3. The molecular weight excluding hydrogens is 925 g/mol. The molecule has 0 bridgehead atoms. The summed E-state index contributed by atoms with van der Waals surface area (Å²) in [4.78, 5) is 38.3. The molecule has 1 atom stereocenters. The van der Waals surface area contributed by atoms with E-state index in [1.54, 1.807) is 0 Å². The first-order valence-electron chi connectivity index (χ1n) is 34.2. The number of unbranched alkanes of at least 4 members (excludes halogenated alkanes) is 51. The van der Waals surface area contributed by atoms with Gasteiger partial charge >= 0.3 is 17.9 Å². The number of allylic oxidation sites excluding steroid dienone is 2. The molecule has 0 saturated carbocycles. The lowest BCUT2D eigenvalue weighted by Gasteiger charge is -2.18. The van der Waals surface area contributed by atoms with Crippen molar-refractivity contribution in [2.45, 2.75) is 399 Å². The zero-order valence-corrected chi connectivity index (χ0v) is 51.1. The highest BCUT2D eigenvalue weighted by Gasteiger charge is 2.19. The quantitative estimate of drug-likeness (QED) is 0.0261. The largest absolute Gasteiger partial charge is 0.462 e. The number of hydrogen-bond acceptors (Lipinski definition) is 6. The molecule has 0 aliphatic rings. The molecule has 444 valence electrons. The third kappa shape index (κ3) is 62.9. The van der Waals surface area contributed by atoms with E-state index in [0.717, 1.165) is 64.2 Å². The normalized spacial score (nSPS) is 12.0. The number of esters is 3. The van der Waals surface area contributed by atoms with Gasteiger partial charge in [-0.25, -0.2) is 0 Å². The van der Waals surface area contributed by atoms with Crippen LogP contribution in [-0.2, 0) is 28.6 Å². The maximum absolute atomic E-state index is 12.9. The van der Waals surface area contributed by atoms with Crippen LogP contribution in [0.25, 0.3) is 0 Å². The molecule has 75 heavy (non-hydrogen) atoms. The Hall–Kier alpha value is -1.85. The van der Waals surface area contributed by atoms with E-state index < -0.39 is 6.10 Å². The first kappa shape index (κ1) is 73.2. The van der Waals surface area contributed by atoms with Gasteiger partial charge in [-0.1, -0.05) is 341 Å². The predicted octanol–water partition coefficient (Wildman–Crippen LogP) is 23.2. The Morgan fingerprint density at radius 3 is 0.680 bits per heavy atom. The number of carbonyl (C=O) groups excluding carboxylic acids is 3. The van der Waals surface area contributed by atoms with Crippen molar-refractivity contribution in [3.63, 3.8) is 0 Å². The molecule has 0 heterocycles. The van der Waals surface area contributed by atoms with Gasteiger partial charge in [0.05, 0.1) is 0 Å². The van der Waals surface area contributed by atoms with Crippen molar-refractivity contribution >= 4 is 17.9 Å². The Balaban J connectivity index is 4.12. The topological polar surface area (TPSA) is 78.9 Å². The Morgan fingerprint density at radius 2 is 0.440 bits per heavy atom. The van der Waals surface area contributed by atoms with Gasteiger partial charge in [-0.3, -0.25) is 14.4 Å². The van der Waals surface area contributed by atoms with Crippen LogP contribution < -0.4 is 0 Å². The second-order valence-electron chi connectivity index (χ2n) is 23.5. The first-order chi connectivity index (χ1) is 37.0. The van der Waals surface area contributed by atoms with Crippen molar-refractivity contribution < 1.29 is 28.6 Å². The first-order valence-corrected chi connectivity index (χ1v) is 34.2. The van der Waals surface area contributed by atoms with Crippen molar-refractivity contribution in [1.29, 1.82) is 0 Å². The summed E-state index contributed by atoms with van der Waals surface area (Å²) in [5.74, 6) is -0.844. The molecule has 0 radical (unpaired) electrons. The second-order valence-corrected chi connectivity index (χ2v) is 23.5. The second kappa shape index (κ2) is 64.7. The van der Waals surface area contributed by atoms with Crippen LogP contribution in [0, 0.1) is 0 Å². The van der Waals surface area contributed by atoms with E-state index in [4.69, 9.17) is 14.2 Å². The fourth-order valence-corrected chi connectivity index (χ4v) is 10.6. The van der Waals surface area contributed by atoms with E-state index in [9.17, 15) is 14.4 Å². The Morgan fingerprint density at radius 1 is 0.253 bits per heavy atom. The summed E-state index contributed by atoms with van der Waals surface area (Å²) >= 11 is 0. The summed E-state index contributed by atoms with van der Waals surface area (Å²) in [6.45, 7) is 6.70. The summed E-state index contributed by atoms with van der Waals surface area (Å²) in [5, 5.41) is 0. The van der Waals surface area contributed by atoms with Crippen LogP contribution in [0.4, 0.5) is 0 Å². The van der Waals surface area contributed by atoms with Gasteiger partial charge in [-0.15, -0.1) is 0 Å². The molecule has 0 aromatic carbocycles. The molecule has 0 aliphatic carbocycles. The lowest BCUT2D eigenvalue weighted by atomic mass is 10.0. The summed E-state index contributed by atoms with van der Waals surface area (Å²) in [6, 6.07) is 0. The lowest BCUT2D eigenvalue weighted by Crippen LogP contribution is -2.30. The monoisotopic (exact) mass is 1060 g/mol. The van der Waals surface area contributed by atoms with Gasteiger partial charge in [0, 0.05) is 19.3 Å². The van der Waals surface area contributed by atoms with Crippen molar-refractivity contribution in [1.82, 2.24) is 0 Å². The molecule has 0 spiro atoms. The SMILES string of the molecule is CCCCCC/C=C\CCCCCCCC(=O)OCC(COC(=O)CCCCCCCCCCCCCCCCCCCCCCCCCCCCCCC)OC(=O)CCCCCCCCCCCCCCCCC. The van der Waals surface area contributed by atoms with Crippen LogP contribution in [0.5, 0.6) is 0 Å². The predicted molar refractivity (Wildman–Crippen MR) is 326 cm³/mol. The Kier molecular flexibility index (Phi) is 63.1. The van der Waals surface area contributed by atoms with Gasteiger partial charge in [0.2, 0.25) is 0 Å². The van der Waals surface area contributed by atoms with Crippen LogP contribution in [-0.4, -0.2) is 37.2 Å². The van der Waals surface area contributed by atoms with Crippen LogP contribution in [0.2, 0.25) is 0 Å². The fraction of sp³-hybridized carbons (Fsp3) is 0.928. The maximum atomic E-state index is 12.9. The molecule has 0 amide bonds. The minimum Gasteiger partial charge on any atom is -0.462 e. The van der Waals surface area contributed by atoms with Gasteiger partial charge in [0.1, 0.15) is 13.2 Å². The standard InChI is InChI=1S/C69H132O6/c1-4-7-10-13-16-19-22-25-27-28-29-30-31-32-33-34-35-36-37-38-39-40-42-44-47-50-53-56-59-62-68(71)74-65-66(64-73-67(70)61-58-55-52-49-46-43-24-21-18-15-12-9-6-3)75-69(72)63-60-57-54-51-48-45-41-26-23-20-17-14-11-8-5-2/h21,24,66H,4-20,22-23,25-65H2,1-3H3/b24-21-. The Labute approximate surface area is 469 Å². The van der Waals surface area contributed by atoms with E-state index in [2.05, 4.69) is 32.9 Å². The summed E-state index contributed by atoms with van der Waals surface area (Å²) in [5.41, 5.74) is 0. The molecule has 6 nitrogen and oxygen atoms in total. The minimum absolute atomic E-state index is 0.0660.